The van der Waals surface area contributed by atoms with E-state index in [1.165, 1.54) is 36.5 Å². The van der Waals surface area contributed by atoms with Crippen LogP contribution in [-0.2, 0) is 11.3 Å². The maximum atomic E-state index is 14.4. The second-order valence-electron chi connectivity index (χ2n) is 7.14. The fourth-order valence-electron chi connectivity index (χ4n) is 3.06. The van der Waals surface area contributed by atoms with Crippen molar-refractivity contribution >= 4 is 12.0 Å². The van der Waals surface area contributed by atoms with E-state index < -0.39 is 5.82 Å². The molecular weight excluding hydrogens is 386 g/mol. The summed E-state index contributed by atoms with van der Waals surface area (Å²) in [6, 6.07) is 14.2. The Kier molecular flexibility index (Phi) is 5.84. The molecule has 0 saturated heterocycles. The summed E-state index contributed by atoms with van der Waals surface area (Å²) in [5.74, 6) is -0.462. The van der Waals surface area contributed by atoms with Crippen molar-refractivity contribution in [1.82, 2.24) is 9.88 Å². The summed E-state index contributed by atoms with van der Waals surface area (Å²) in [6.07, 6.45) is 8.04. The van der Waals surface area contributed by atoms with Crippen LogP contribution in [0, 0.1) is 11.6 Å². The van der Waals surface area contributed by atoms with Crippen LogP contribution in [0.5, 0.6) is 11.5 Å². The smallest absolute Gasteiger partial charge is 0.247 e. The average Bonchev–Trinajstić information content (AvgIpc) is 3.59. The van der Waals surface area contributed by atoms with Crippen LogP contribution in [0.15, 0.2) is 73.1 Å². The molecule has 0 atom stereocenters. The molecule has 0 unspecified atom stereocenters. The molecule has 4 rings (SSSR count). The lowest BCUT2D eigenvalue weighted by molar-refractivity contribution is -0.127. The van der Waals surface area contributed by atoms with Crippen molar-refractivity contribution in [3.63, 3.8) is 0 Å². The molecule has 0 bridgehead atoms. The monoisotopic (exact) mass is 406 g/mol. The van der Waals surface area contributed by atoms with E-state index in [-0.39, 0.29) is 23.5 Å². The van der Waals surface area contributed by atoms with E-state index in [1.54, 1.807) is 47.5 Å². The molecule has 1 amide bonds. The van der Waals surface area contributed by atoms with E-state index in [9.17, 15) is 13.6 Å². The van der Waals surface area contributed by atoms with Gasteiger partial charge in [0, 0.05) is 24.9 Å². The van der Waals surface area contributed by atoms with Crippen LogP contribution in [0.1, 0.15) is 24.0 Å². The molecule has 3 aromatic rings. The molecular formula is C24H20F2N2O2. The number of pyridine rings is 1. The molecule has 1 saturated carbocycles. The van der Waals surface area contributed by atoms with Crippen molar-refractivity contribution in [1.29, 1.82) is 0 Å². The van der Waals surface area contributed by atoms with E-state index in [0.717, 1.165) is 18.4 Å². The first-order valence-electron chi connectivity index (χ1n) is 9.69. The number of ether oxygens (including phenoxy) is 1. The Morgan fingerprint density at radius 3 is 2.60 bits per heavy atom. The van der Waals surface area contributed by atoms with Gasteiger partial charge >= 0.3 is 0 Å². The van der Waals surface area contributed by atoms with Crippen molar-refractivity contribution in [2.45, 2.75) is 25.4 Å². The maximum absolute atomic E-state index is 14.4. The van der Waals surface area contributed by atoms with Gasteiger partial charge in [0.15, 0.2) is 11.6 Å². The minimum absolute atomic E-state index is 0.0855. The van der Waals surface area contributed by atoms with E-state index >= 15 is 0 Å². The van der Waals surface area contributed by atoms with Crippen LogP contribution < -0.4 is 4.74 Å². The zero-order chi connectivity index (χ0) is 20.9. The third-order valence-electron chi connectivity index (χ3n) is 4.77. The summed E-state index contributed by atoms with van der Waals surface area (Å²) in [7, 11) is 0. The van der Waals surface area contributed by atoms with E-state index in [1.807, 2.05) is 0 Å². The fraction of sp³-hybridized carbons (Fsp3) is 0.167. The van der Waals surface area contributed by atoms with Crippen LogP contribution in [0.4, 0.5) is 8.78 Å². The van der Waals surface area contributed by atoms with Crippen LogP contribution in [0.3, 0.4) is 0 Å². The first kappa shape index (κ1) is 19.8. The van der Waals surface area contributed by atoms with Gasteiger partial charge in [0.25, 0.3) is 0 Å². The molecule has 0 N–H and O–H groups in total. The number of aromatic nitrogens is 1. The topological polar surface area (TPSA) is 42.4 Å². The summed E-state index contributed by atoms with van der Waals surface area (Å²) in [4.78, 5) is 18.4. The predicted molar refractivity (Wildman–Crippen MR) is 110 cm³/mol. The van der Waals surface area contributed by atoms with Gasteiger partial charge in [-0.1, -0.05) is 18.2 Å². The molecule has 0 radical (unpaired) electrons. The minimum atomic E-state index is -0.529. The van der Waals surface area contributed by atoms with Crippen molar-refractivity contribution in [2.75, 3.05) is 0 Å². The Labute approximate surface area is 173 Å². The number of hydrogen-bond acceptors (Lipinski definition) is 3. The normalized spacial score (nSPS) is 13.4. The van der Waals surface area contributed by atoms with Gasteiger partial charge in [-0.05, 0) is 66.4 Å². The first-order valence-corrected chi connectivity index (χ1v) is 9.69. The summed E-state index contributed by atoms with van der Waals surface area (Å²) < 4.78 is 33.0. The highest BCUT2D eigenvalue weighted by Gasteiger charge is 2.31. The number of nitrogens with zero attached hydrogens (tertiary/aromatic N) is 2. The molecule has 1 aromatic heterocycles. The van der Waals surface area contributed by atoms with Crippen molar-refractivity contribution in [3.05, 3.63) is 95.8 Å². The molecule has 152 valence electrons. The summed E-state index contributed by atoms with van der Waals surface area (Å²) in [5.41, 5.74) is 1.42. The average molecular weight is 406 g/mol. The molecule has 0 aliphatic heterocycles. The predicted octanol–water partition coefficient (Wildman–Crippen LogP) is 5.36. The molecule has 1 aliphatic carbocycles. The van der Waals surface area contributed by atoms with E-state index in [4.69, 9.17) is 4.74 Å². The number of carbonyl (C=O) groups is 1. The summed E-state index contributed by atoms with van der Waals surface area (Å²) in [5, 5.41) is 0. The Balaban J connectivity index is 1.43. The second-order valence-corrected chi connectivity index (χ2v) is 7.14. The SMILES string of the molecule is O=C(/C=C/c1ccc(Oc2cccnc2)c(F)c1)N(Cc1ccc(F)cc1)C1CC1. The van der Waals surface area contributed by atoms with Gasteiger partial charge < -0.3 is 9.64 Å². The van der Waals surface area contributed by atoms with Crippen molar-refractivity contribution < 1.29 is 18.3 Å². The van der Waals surface area contributed by atoms with Crippen LogP contribution in [-0.4, -0.2) is 21.8 Å². The minimum Gasteiger partial charge on any atom is -0.453 e. The third kappa shape index (κ3) is 5.08. The molecule has 30 heavy (non-hydrogen) atoms. The van der Waals surface area contributed by atoms with Crippen LogP contribution in [0.2, 0.25) is 0 Å². The highest BCUT2D eigenvalue weighted by Crippen LogP contribution is 2.29. The molecule has 2 aromatic carbocycles. The lowest BCUT2D eigenvalue weighted by Gasteiger charge is -2.21. The van der Waals surface area contributed by atoms with Gasteiger partial charge in [0.1, 0.15) is 11.6 Å². The number of halogens is 2. The van der Waals surface area contributed by atoms with Crippen molar-refractivity contribution in [2.24, 2.45) is 0 Å². The second kappa shape index (κ2) is 8.86. The molecule has 1 heterocycles. The zero-order valence-corrected chi connectivity index (χ0v) is 16.2. The van der Waals surface area contributed by atoms with Crippen molar-refractivity contribution in [3.8, 4) is 11.5 Å². The molecule has 1 fully saturated rings. The third-order valence-corrected chi connectivity index (χ3v) is 4.77. The standard InChI is InChI=1S/C24H20F2N2O2/c25-19-7-3-18(4-8-19)16-28(20-9-10-20)24(29)12-6-17-5-11-23(22(26)14-17)30-21-2-1-13-27-15-21/h1-8,11-15,20H,9-10,16H2/b12-6+. The van der Waals surface area contributed by atoms with Gasteiger partial charge in [-0.25, -0.2) is 8.78 Å². The number of carbonyl (C=O) groups excluding carboxylic acids is 1. The molecule has 4 nitrogen and oxygen atoms in total. The van der Waals surface area contributed by atoms with Gasteiger partial charge in [-0.2, -0.15) is 0 Å². The Hall–Kier alpha value is -3.54. The number of rotatable bonds is 7. The highest BCUT2D eigenvalue weighted by molar-refractivity contribution is 5.92. The summed E-state index contributed by atoms with van der Waals surface area (Å²) >= 11 is 0. The Morgan fingerprint density at radius 1 is 1.13 bits per heavy atom. The zero-order valence-electron chi connectivity index (χ0n) is 16.2. The van der Waals surface area contributed by atoms with Gasteiger partial charge in [0.05, 0.1) is 6.20 Å². The fourth-order valence-corrected chi connectivity index (χ4v) is 3.06. The Morgan fingerprint density at radius 2 is 1.93 bits per heavy atom. The van der Waals surface area contributed by atoms with Crippen LogP contribution in [0.25, 0.3) is 6.08 Å². The van der Waals surface area contributed by atoms with E-state index in [0.29, 0.717) is 17.9 Å². The maximum Gasteiger partial charge on any atom is 0.247 e. The lowest BCUT2D eigenvalue weighted by atomic mass is 10.1. The van der Waals surface area contributed by atoms with Gasteiger partial charge in [0.2, 0.25) is 5.91 Å². The lowest BCUT2D eigenvalue weighted by Crippen LogP contribution is -2.31. The number of benzene rings is 2. The molecule has 0 spiro atoms. The van der Waals surface area contributed by atoms with Crippen LogP contribution >= 0.6 is 0 Å². The highest BCUT2D eigenvalue weighted by atomic mass is 19.1. The Bertz CT molecular complexity index is 1050. The molecule has 6 heteroatoms. The van der Waals surface area contributed by atoms with Gasteiger partial charge in [-0.15, -0.1) is 0 Å². The first-order chi connectivity index (χ1) is 14.6. The number of amides is 1. The summed E-state index contributed by atoms with van der Waals surface area (Å²) in [6.45, 7) is 0.417. The quantitative estimate of drug-likeness (QED) is 0.496. The molecule has 1 aliphatic rings. The van der Waals surface area contributed by atoms with Gasteiger partial charge in [-0.3, -0.25) is 9.78 Å². The largest absolute Gasteiger partial charge is 0.453 e. The van der Waals surface area contributed by atoms with E-state index in [2.05, 4.69) is 4.98 Å². The number of hydrogen-bond donors (Lipinski definition) is 0.